The van der Waals surface area contributed by atoms with Crippen molar-refractivity contribution in [2.45, 2.75) is 31.5 Å². The fraction of sp³-hybridized carbons (Fsp3) is 0.450. The molecule has 1 N–H and O–H groups in total. The minimum absolute atomic E-state index is 0.161. The summed E-state index contributed by atoms with van der Waals surface area (Å²) in [6, 6.07) is 14.8. The van der Waals surface area contributed by atoms with Crippen molar-refractivity contribution in [2.75, 3.05) is 26.2 Å². The Morgan fingerprint density at radius 2 is 1.84 bits per heavy atom. The summed E-state index contributed by atoms with van der Waals surface area (Å²) in [7, 11) is 0. The molecule has 1 aliphatic heterocycles. The molecule has 5 heteroatoms. The Labute approximate surface area is 153 Å². The van der Waals surface area contributed by atoms with Crippen LogP contribution in [0.2, 0.25) is 0 Å². The lowest BCUT2D eigenvalue weighted by Crippen LogP contribution is -2.50. The van der Waals surface area contributed by atoms with Crippen molar-refractivity contribution in [2.24, 2.45) is 0 Å². The molecule has 1 amide bonds. The van der Waals surface area contributed by atoms with Gasteiger partial charge in [0.1, 0.15) is 6.04 Å². The van der Waals surface area contributed by atoms with Gasteiger partial charge in [-0.25, -0.2) is 0 Å². The number of thiophene rings is 1. The second-order valence-corrected chi connectivity index (χ2v) is 8.02. The smallest absolute Gasteiger partial charge is 0.242 e. The van der Waals surface area contributed by atoms with Crippen molar-refractivity contribution in [1.82, 2.24) is 15.1 Å². The maximum Gasteiger partial charge on any atom is 0.242 e. The van der Waals surface area contributed by atoms with Crippen LogP contribution in [-0.2, 0) is 11.3 Å². The average Bonchev–Trinajstić information content (AvgIpc) is 3.30. The molecule has 2 aromatic rings. The molecular formula is C20H25N3OS. The highest BCUT2D eigenvalue weighted by molar-refractivity contribution is 7.09. The van der Waals surface area contributed by atoms with Crippen LogP contribution >= 0.6 is 11.3 Å². The van der Waals surface area contributed by atoms with Gasteiger partial charge in [0, 0.05) is 43.6 Å². The topological polar surface area (TPSA) is 35.6 Å². The molecule has 1 aliphatic carbocycles. The predicted molar refractivity (Wildman–Crippen MR) is 102 cm³/mol. The number of carbonyl (C=O) groups is 1. The van der Waals surface area contributed by atoms with Crippen LogP contribution < -0.4 is 5.32 Å². The third-order valence-corrected chi connectivity index (χ3v) is 5.88. The minimum atomic E-state index is -0.161. The Hall–Kier alpha value is -1.69. The first-order valence-electron chi connectivity index (χ1n) is 9.14. The monoisotopic (exact) mass is 355 g/mol. The van der Waals surface area contributed by atoms with Crippen LogP contribution in [0.3, 0.4) is 0 Å². The van der Waals surface area contributed by atoms with Gasteiger partial charge in [0.05, 0.1) is 0 Å². The molecule has 0 radical (unpaired) electrons. The van der Waals surface area contributed by atoms with E-state index in [0.717, 1.165) is 51.1 Å². The van der Waals surface area contributed by atoms with Crippen molar-refractivity contribution in [3.05, 3.63) is 58.3 Å². The molecule has 0 unspecified atom stereocenters. The summed E-state index contributed by atoms with van der Waals surface area (Å²) in [4.78, 5) is 19.1. The second-order valence-electron chi connectivity index (χ2n) is 6.99. The van der Waals surface area contributed by atoms with Crippen LogP contribution in [0.15, 0.2) is 47.8 Å². The molecule has 1 saturated heterocycles. The van der Waals surface area contributed by atoms with Gasteiger partial charge in [-0.3, -0.25) is 14.6 Å². The average molecular weight is 356 g/mol. The zero-order valence-corrected chi connectivity index (χ0v) is 15.3. The quantitative estimate of drug-likeness (QED) is 0.865. The van der Waals surface area contributed by atoms with Gasteiger partial charge in [0.25, 0.3) is 0 Å². The molecule has 1 aromatic carbocycles. The Kier molecular flexibility index (Phi) is 5.15. The minimum Gasteiger partial charge on any atom is -0.352 e. The van der Waals surface area contributed by atoms with Crippen LogP contribution in [-0.4, -0.2) is 47.9 Å². The van der Waals surface area contributed by atoms with Crippen LogP contribution in [0.5, 0.6) is 0 Å². The second kappa shape index (κ2) is 7.68. The highest BCUT2D eigenvalue weighted by atomic mass is 32.1. The number of nitrogens with one attached hydrogen (secondary N) is 1. The molecule has 4 rings (SSSR count). The zero-order valence-electron chi connectivity index (χ0n) is 14.4. The lowest BCUT2D eigenvalue weighted by molar-refractivity contribution is -0.127. The maximum absolute atomic E-state index is 12.9. The van der Waals surface area contributed by atoms with E-state index in [2.05, 4.69) is 44.8 Å². The Bertz CT molecular complexity index is 676. The highest BCUT2D eigenvalue weighted by Gasteiger charge is 2.33. The molecule has 25 heavy (non-hydrogen) atoms. The number of piperazine rings is 1. The summed E-state index contributed by atoms with van der Waals surface area (Å²) in [5.74, 6) is 0.167. The van der Waals surface area contributed by atoms with E-state index < -0.39 is 0 Å². The van der Waals surface area contributed by atoms with E-state index in [4.69, 9.17) is 0 Å². The van der Waals surface area contributed by atoms with Gasteiger partial charge in [0.15, 0.2) is 0 Å². The van der Waals surface area contributed by atoms with E-state index in [-0.39, 0.29) is 11.9 Å². The normalized spacial score (nSPS) is 20.3. The molecule has 0 bridgehead atoms. The molecular weight excluding hydrogens is 330 g/mol. The fourth-order valence-electron chi connectivity index (χ4n) is 3.47. The molecule has 1 aromatic heterocycles. The van der Waals surface area contributed by atoms with Gasteiger partial charge in [-0.15, -0.1) is 11.3 Å². The third-order valence-electron chi connectivity index (χ3n) is 5.02. The van der Waals surface area contributed by atoms with E-state index in [1.807, 2.05) is 29.5 Å². The maximum atomic E-state index is 12.9. The molecule has 2 heterocycles. The van der Waals surface area contributed by atoms with Gasteiger partial charge in [0.2, 0.25) is 5.91 Å². The lowest BCUT2D eigenvalue weighted by atomic mass is 10.0. The van der Waals surface area contributed by atoms with Crippen LogP contribution in [0, 0.1) is 0 Å². The molecule has 4 nitrogen and oxygen atoms in total. The Morgan fingerprint density at radius 3 is 2.48 bits per heavy atom. The van der Waals surface area contributed by atoms with Gasteiger partial charge < -0.3 is 5.32 Å². The van der Waals surface area contributed by atoms with Crippen LogP contribution in [0.1, 0.15) is 29.3 Å². The largest absolute Gasteiger partial charge is 0.352 e. The van der Waals surface area contributed by atoms with E-state index in [1.54, 1.807) is 0 Å². The molecule has 2 fully saturated rings. The van der Waals surface area contributed by atoms with Gasteiger partial charge in [-0.05, 0) is 29.9 Å². The predicted octanol–water partition coefficient (Wildman–Crippen LogP) is 2.89. The molecule has 1 saturated carbocycles. The van der Waals surface area contributed by atoms with E-state index >= 15 is 0 Å². The number of rotatable bonds is 6. The Balaban J connectivity index is 1.42. The highest BCUT2D eigenvalue weighted by Crippen LogP contribution is 2.26. The van der Waals surface area contributed by atoms with E-state index in [9.17, 15) is 4.79 Å². The van der Waals surface area contributed by atoms with E-state index in [1.165, 1.54) is 4.88 Å². The number of amides is 1. The summed E-state index contributed by atoms with van der Waals surface area (Å²) in [6.45, 7) is 4.91. The summed E-state index contributed by atoms with van der Waals surface area (Å²) in [5.41, 5.74) is 1.10. The summed E-state index contributed by atoms with van der Waals surface area (Å²) in [6.07, 6.45) is 2.25. The van der Waals surface area contributed by atoms with Crippen molar-refractivity contribution >= 4 is 17.2 Å². The number of benzene rings is 1. The standard InChI is InChI=1S/C20H25N3OS/c24-20(21-17-8-9-17)19(16-5-2-1-3-6-16)23-12-10-22(11-13-23)15-18-7-4-14-25-18/h1-7,14,17,19H,8-13,15H2,(H,21,24)/t19-/m1/s1. The van der Waals surface area contributed by atoms with Crippen molar-refractivity contribution in [3.8, 4) is 0 Å². The SMILES string of the molecule is O=C(NC1CC1)[C@@H](c1ccccc1)N1CCN(Cc2cccs2)CC1. The van der Waals surface area contributed by atoms with Crippen molar-refractivity contribution < 1.29 is 4.79 Å². The molecule has 1 atom stereocenters. The first-order valence-corrected chi connectivity index (χ1v) is 10.0. The number of hydrogen-bond donors (Lipinski definition) is 1. The number of nitrogens with zero attached hydrogens (tertiary/aromatic N) is 2. The number of carbonyl (C=O) groups excluding carboxylic acids is 1. The van der Waals surface area contributed by atoms with Crippen molar-refractivity contribution in [3.63, 3.8) is 0 Å². The first kappa shape index (κ1) is 16.8. The number of hydrogen-bond acceptors (Lipinski definition) is 4. The fourth-order valence-corrected chi connectivity index (χ4v) is 4.22. The molecule has 132 valence electrons. The summed E-state index contributed by atoms with van der Waals surface area (Å²) < 4.78 is 0. The van der Waals surface area contributed by atoms with Crippen LogP contribution in [0.25, 0.3) is 0 Å². The van der Waals surface area contributed by atoms with Crippen LogP contribution in [0.4, 0.5) is 0 Å². The molecule has 0 spiro atoms. The van der Waals surface area contributed by atoms with Gasteiger partial charge in [-0.1, -0.05) is 36.4 Å². The zero-order chi connectivity index (χ0) is 17.1. The summed E-state index contributed by atoms with van der Waals surface area (Å²) in [5, 5.41) is 5.34. The first-order chi connectivity index (χ1) is 12.3. The van der Waals surface area contributed by atoms with Gasteiger partial charge >= 0.3 is 0 Å². The van der Waals surface area contributed by atoms with Crippen molar-refractivity contribution in [1.29, 1.82) is 0 Å². The van der Waals surface area contributed by atoms with E-state index in [0.29, 0.717) is 6.04 Å². The van der Waals surface area contributed by atoms with Gasteiger partial charge in [-0.2, -0.15) is 0 Å². The lowest BCUT2D eigenvalue weighted by Gasteiger charge is -2.38. The third kappa shape index (κ3) is 4.29. The molecule has 2 aliphatic rings. The Morgan fingerprint density at radius 1 is 1.08 bits per heavy atom. The summed E-state index contributed by atoms with van der Waals surface area (Å²) >= 11 is 1.82.